The summed E-state index contributed by atoms with van der Waals surface area (Å²) in [6.07, 6.45) is 1.90. The van der Waals surface area contributed by atoms with Gasteiger partial charge in [-0.15, -0.1) is 0 Å². The fourth-order valence-electron chi connectivity index (χ4n) is 2.95. The van der Waals surface area contributed by atoms with E-state index in [0.717, 1.165) is 41.5 Å². The van der Waals surface area contributed by atoms with E-state index in [-0.39, 0.29) is 16.9 Å². The molecular weight excluding hydrogens is 448 g/mol. The molecule has 0 amide bonds. The Morgan fingerprint density at radius 3 is 2.07 bits per heavy atom. The molecule has 1 rings (SSSR count). The van der Waals surface area contributed by atoms with Crippen molar-refractivity contribution < 1.29 is 19.4 Å². The zero-order chi connectivity index (χ0) is 23.0. The number of rotatable bonds is 8. The lowest BCUT2D eigenvalue weighted by Crippen LogP contribution is -2.41. The predicted molar refractivity (Wildman–Crippen MR) is 129 cm³/mol. The molecule has 0 atom stereocenters. The Labute approximate surface area is 187 Å². The highest BCUT2D eigenvalue weighted by Gasteiger charge is 2.37. The second kappa shape index (κ2) is 11.5. The molecule has 0 unspecified atom stereocenters. The summed E-state index contributed by atoms with van der Waals surface area (Å²) in [7, 11) is -1.70. The van der Waals surface area contributed by atoms with Gasteiger partial charge in [0.2, 0.25) is 0 Å². The molecule has 0 fully saturated rings. The van der Waals surface area contributed by atoms with E-state index in [1.54, 1.807) is 0 Å². The van der Waals surface area contributed by atoms with Gasteiger partial charge in [0, 0.05) is 23.9 Å². The first kappa shape index (κ1) is 28.1. The number of aromatic hydroxyl groups is 1. The average molecular weight is 490 g/mol. The van der Waals surface area contributed by atoms with E-state index in [0.29, 0.717) is 5.75 Å². The van der Waals surface area contributed by atoms with Crippen LogP contribution >= 0.6 is 15.9 Å². The molecule has 0 aliphatic heterocycles. The van der Waals surface area contributed by atoms with E-state index in [2.05, 4.69) is 76.6 Å². The molecule has 0 saturated carbocycles. The molecule has 0 aromatic heterocycles. The minimum absolute atomic E-state index is 0.0930. The van der Waals surface area contributed by atoms with Crippen LogP contribution in [0.3, 0.4) is 0 Å². The van der Waals surface area contributed by atoms with E-state index in [9.17, 15) is 9.90 Å². The summed E-state index contributed by atoms with van der Waals surface area (Å²) in [5.74, 6) is -0.311. The number of alkyl halides is 1. The minimum Gasteiger partial charge on any atom is -0.508 e. The Morgan fingerprint density at radius 2 is 1.69 bits per heavy atom. The SMILES string of the molecule is Cc1cc(C)c(C(C)(C)CCO[Si](C)(C)C(C)(C)C)c(O)c1.O=C(O)CCCBr. The summed E-state index contributed by atoms with van der Waals surface area (Å²) in [4.78, 5) is 9.74. The van der Waals surface area contributed by atoms with Crippen molar-refractivity contribution in [3.63, 3.8) is 0 Å². The Hall–Kier alpha value is -0.853. The number of carbonyl (C=O) groups is 1. The molecule has 0 aliphatic carbocycles. The number of aliphatic carboxylic acids is 1. The third-order valence-electron chi connectivity index (χ3n) is 5.66. The van der Waals surface area contributed by atoms with Crippen molar-refractivity contribution >= 4 is 30.2 Å². The van der Waals surface area contributed by atoms with E-state index < -0.39 is 14.3 Å². The van der Waals surface area contributed by atoms with Crippen molar-refractivity contribution in [3.05, 3.63) is 28.8 Å². The summed E-state index contributed by atoms with van der Waals surface area (Å²) in [5.41, 5.74) is 3.23. The summed E-state index contributed by atoms with van der Waals surface area (Å²) >= 11 is 3.11. The lowest BCUT2D eigenvalue weighted by molar-refractivity contribution is -0.137. The fraction of sp³-hybridized carbons (Fsp3) is 0.696. The van der Waals surface area contributed by atoms with Crippen molar-refractivity contribution in [1.82, 2.24) is 0 Å². The van der Waals surface area contributed by atoms with Gasteiger partial charge in [0.1, 0.15) is 5.75 Å². The molecule has 0 spiro atoms. The van der Waals surface area contributed by atoms with Crippen LogP contribution in [0.4, 0.5) is 0 Å². The van der Waals surface area contributed by atoms with Crippen LogP contribution in [0, 0.1) is 13.8 Å². The van der Waals surface area contributed by atoms with Gasteiger partial charge in [-0.3, -0.25) is 4.79 Å². The van der Waals surface area contributed by atoms with Gasteiger partial charge in [0.05, 0.1) is 0 Å². The van der Waals surface area contributed by atoms with Crippen LogP contribution in [0.25, 0.3) is 0 Å². The second-order valence-corrected chi connectivity index (χ2v) is 15.5. The van der Waals surface area contributed by atoms with Gasteiger partial charge in [-0.2, -0.15) is 0 Å². The molecule has 1 aromatic carbocycles. The molecule has 0 bridgehead atoms. The monoisotopic (exact) mass is 488 g/mol. The third-order valence-corrected chi connectivity index (χ3v) is 10.8. The van der Waals surface area contributed by atoms with Crippen molar-refractivity contribution in [1.29, 1.82) is 0 Å². The number of aryl methyl sites for hydroxylation is 2. The van der Waals surface area contributed by atoms with Crippen LogP contribution in [-0.2, 0) is 14.6 Å². The minimum atomic E-state index is -1.70. The smallest absolute Gasteiger partial charge is 0.303 e. The molecule has 29 heavy (non-hydrogen) atoms. The standard InChI is InChI=1S/C19H34O2Si.C4H7BrO2/c1-14-12-15(2)17(16(20)13-14)19(6,7)10-11-21-22(8,9)18(3,4)5;5-3-1-2-4(6)7/h12-13,20H,10-11H2,1-9H3;1-3H2,(H,6,7). The van der Waals surface area contributed by atoms with Crippen LogP contribution in [0.1, 0.15) is 70.6 Å². The van der Waals surface area contributed by atoms with Crippen molar-refractivity contribution in [2.45, 2.75) is 91.3 Å². The summed E-state index contributed by atoms with van der Waals surface area (Å²) in [6, 6.07) is 4.00. The Bertz CT molecular complexity index is 640. The molecule has 1 aromatic rings. The third kappa shape index (κ3) is 9.66. The zero-order valence-corrected chi connectivity index (χ0v) is 22.4. The number of phenols is 1. The highest BCUT2D eigenvalue weighted by molar-refractivity contribution is 9.09. The highest BCUT2D eigenvalue weighted by Crippen LogP contribution is 2.39. The zero-order valence-electron chi connectivity index (χ0n) is 19.8. The second-order valence-electron chi connectivity index (χ2n) is 9.90. The molecule has 0 heterocycles. The lowest BCUT2D eigenvalue weighted by atomic mass is 9.78. The van der Waals surface area contributed by atoms with Gasteiger partial charge in [-0.1, -0.05) is 56.6 Å². The Balaban J connectivity index is 0.000000956. The Morgan fingerprint density at radius 1 is 1.14 bits per heavy atom. The normalized spacial score (nSPS) is 12.3. The summed E-state index contributed by atoms with van der Waals surface area (Å²) in [6.45, 7) is 20.6. The first-order chi connectivity index (χ1) is 13.0. The van der Waals surface area contributed by atoms with Gasteiger partial charge in [-0.05, 0) is 67.4 Å². The maximum Gasteiger partial charge on any atom is 0.303 e. The maximum absolute atomic E-state index is 10.4. The van der Waals surface area contributed by atoms with Crippen LogP contribution < -0.4 is 0 Å². The highest BCUT2D eigenvalue weighted by atomic mass is 79.9. The summed E-state index contributed by atoms with van der Waals surface area (Å²) < 4.78 is 6.31. The predicted octanol–water partition coefficient (Wildman–Crippen LogP) is 6.94. The van der Waals surface area contributed by atoms with Crippen molar-refractivity contribution in [2.24, 2.45) is 0 Å². The number of carboxylic acid groups (broad SMARTS) is 1. The number of hydrogen-bond acceptors (Lipinski definition) is 3. The first-order valence-corrected chi connectivity index (χ1v) is 14.3. The van der Waals surface area contributed by atoms with Crippen LogP contribution in [0.15, 0.2) is 12.1 Å². The largest absolute Gasteiger partial charge is 0.508 e. The molecule has 0 radical (unpaired) electrons. The summed E-state index contributed by atoms with van der Waals surface area (Å²) in [5, 5.41) is 19.4. The average Bonchev–Trinajstić information content (AvgIpc) is 2.50. The van der Waals surface area contributed by atoms with Gasteiger partial charge in [0.25, 0.3) is 0 Å². The quantitative estimate of drug-likeness (QED) is 0.306. The van der Waals surface area contributed by atoms with Gasteiger partial charge < -0.3 is 14.6 Å². The topological polar surface area (TPSA) is 66.8 Å². The van der Waals surface area contributed by atoms with Gasteiger partial charge in [-0.25, -0.2) is 0 Å². The number of hydrogen-bond donors (Lipinski definition) is 2. The van der Waals surface area contributed by atoms with Crippen molar-refractivity contribution in [3.8, 4) is 5.75 Å². The van der Waals surface area contributed by atoms with Gasteiger partial charge >= 0.3 is 5.97 Å². The molecule has 0 aliphatic rings. The van der Waals surface area contributed by atoms with Crippen LogP contribution in [0.5, 0.6) is 5.75 Å². The van der Waals surface area contributed by atoms with E-state index in [1.807, 2.05) is 13.0 Å². The van der Waals surface area contributed by atoms with Crippen LogP contribution in [-0.4, -0.2) is 36.4 Å². The molecule has 0 saturated heterocycles. The van der Waals surface area contributed by atoms with Crippen LogP contribution in [0.2, 0.25) is 18.1 Å². The van der Waals surface area contributed by atoms with E-state index in [4.69, 9.17) is 9.53 Å². The molecule has 6 heteroatoms. The number of halogens is 1. The maximum atomic E-state index is 10.4. The molecule has 2 N–H and O–H groups in total. The molecular formula is C23H41BrO4Si. The first-order valence-electron chi connectivity index (χ1n) is 10.3. The Kier molecular flexibility index (Phi) is 11.2. The molecule has 4 nitrogen and oxygen atoms in total. The number of benzene rings is 1. The van der Waals surface area contributed by atoms with E-state index in [1.165, 1.54) is 0 Å². The number of phenolic OH excluding ortho intramolecular Hbond substituents is 1. The lowest BCUT2D eigenvalue weighted by Gasteiger charge is -2.37. The van der Waals surface area contributed by atoms with Gasteiger partial charge in [0.15, 0.2) is 8.32 Å². The fourth-order valence-corrected chi connectivity index (χ4v) is 4.27. The molecule has 168 valence electrons. The number of carboxylic acids is 1. The van der Waals surface area contributed by atoms with Crippen molar-refractivity contribution in [2.75, 3.05) is 11.9 Å². The van der Waals surface area contributed by atoms with E-state index >= 15 is 0 Å².